The van der Waals surface area contributed by atoms with E-state index in [1.807, 2.05) is 0 Å². The maximum atomic E-state index is 5.52. The zero-order valence-electron chi connectivity index (χ0n) is 14.3. The van der Waals surface area contributed by atoms with E-state index in [0.29, 0.717) is 0 Å². The molecule has 0 bridgehead atoms. The van der Waals surface area contributed by atoms with Gasteiger partial charge in [-0.2, -0.15) is 5.10 Å². The fourth-order valence-corrected chi connectivity index (χ4v) is 3.23. The summed E-state index contributed by atoms with van der Waals surface area (Å²) in [6, 6.07) is 9.03. The molecule has 2 N–H and O–H groups in total. The number of ether oxygens (including phenoxy) is 1. The molecule has 3 heterocycles. The van der Waals surface area contributed by atoms with Gasteiger partial charge in [-0.1, -0.05) is 29.8 Å². The van der Waals surface area contributed by atoms with Gasteiger partial charge in [-0.25, -0.2) is 9.97 Å². The number of hydrogen-bond acceptors (Lipinski definition) is 6. The molecule has 1 aromatic carbocycles. The van der Waals surface area contributed by atoms with E-state index in [-0.39, 0.29) is 6.04 Å². The molecule has 1 saturated heterocycles. The third-order valence-corrected chi connectivity index (χ3v) is 4.66. The number of anilines is 1. The van der Waals surface area contributed by atoms with Crippen LogP contribution in [0.1, 0.15) is 17.2 Å². The Labute approximate surface area is 146 Å². The molecule has 1 aliphatic rings. The molecule has 0 saturated carbocycles. The number of morpholine rings is 1. The van der Waals surface area contributed by atoms with E-state index < -0.39 is 0 Å². The number of rotatable bonds is 5. The number of aromatic amines is 1. The number of nitrogens with one attached hydrogen (secondary N) is 2. The average Bonchev–Trinajstić information content (AvgIpc) is 3.14. The summed E-state index contributed by atoms with van der Waals surface area (Å²) in [5, 5.41) is 11.3. The molecule has 0 radical (unpaired) electrons. The lowest BCUT2D eigenvalue weighted by Crippen LogP contribution is -2.41. The SMILES string of the molecule is Cc1ccc(C(CNc2ncnc3[nH]ncc23)N2CCOCC2)cc1. The summed E-state index contributed by atoms with van der Waals surface area (Å²) in [6.45, 7) is 6.31. The Balaban J connectivity index is 1.57. The van der Waals surface area contributed by atoms with Gasteiger partial charge in [0.1, 0.15) is 12.1 Å². The highest BCUT2D eigenvalue weighted by molar-refractivity contribution is 5.85. The highest BCUT2D eigenvalue weighted by Crippen LogP contribution is 2.24. The second-order valence-corrected chi connectivity index (χ2v) is 6.31. The topological polar surface area (TPSA) is 79.0 Å². The first-order valence-corrected chi connectivity index (χ1v) is 8.57. The Morgan fingerprint density at radius 3 is 2.80 bits per heavy atom. The van der Waals surface area contributed by atoms with E-state index in [0.717, 1.165) is 49.7 Å². The van der Waals surface area contributed by atoms with Gasteiger partial charge in [0.05, 0.1) is 30.8 Å². The molecule has 0 aliphatic carbocycles. The molecule has 2 aromatic heterocycles. The summed E-state index contributed by atoms with van der Waals surface area (Å²) in [4.78, 5) is 11.0. The van der Waals surface area contributed by atoms with Crippen LogP contribution in [-0.2, 0) is 4.74 Å². The minimum Gasteiger partial charge on any atom is -0.379 e. The van der Waals surface area contributed by atoms with Crippen molar-refractivity contribution in [2.45, 2.75) is 13.0 Å². The third kappa shape index (κ3) is 3.47. The standard InChI is InChI=1S/C18H22N6O/c1-13-2-4-14(5-3-13)16(24-6-8-25-9-7-24)11-19-17-15-10-22-23-18(15)21-12-20-17/h2-5,10,12,16H,6-9,11H2,1H3,(H2,19,20,21,22,23). The highest BCUT2D eigenvalue weighted by Gasteiger charge is 2.23. The number of fused-ring (bicyclic) bond motifs is 1. The minimum atomic E-state index is 0.265. The monoisotopic (exact) mass is 338 g/mol. The molecule has 1 atom stereocenters. The van der Waals surface area contributed by atoms with Gasteiger partial charge in [0.25, 0.3) is 0 Å². The molecule has 7 heteroatoms. The number of benzene rings is 1. The van der Waals surface area contributed by atoms with E-state index in [1.165, 1.54) is 11.1 Å². The minimum absolute atomic E-state index is 0.265. The number of aromatic nitrogens is 4. The number of hydrogen-bond donors (Lipinski definition) is 2. The third-order valence-electron chi connectivity index (χ3n) is 4.66. The number of H-pyrrole nitrogens is 1. The van der Waals surface area contributed by atoms with Crippen LogP contribution in [0.3, 0.4) is 0 Å². The van der Waals surface area contributed by atoms with Crippen LogP contribution in [0.5, 0.6) is 0 Å². The van der Waals surface area contributed by atoms with Crippen molar-refractivity contribution in [2.24, 2.45) is 0 Å². The van der Waals surface area contributed by atoms with Gasteiger partial charge in [-0.15, -0.1) is 0 Å². The van der Waals surface area contributed by atoms with E-state index in [2.05, 4.69) is 61.6 Å². The van der Waals surface area contributed by atoms with Gasteiger partial charge < -0.3 is 10.1 Å². The zero-order valence-corrected chi connectivity index (χ0v) is 14.3. The zero-order chi connectivity index (χ0) is 17.1. The van der Waals surface area contributed by atoms with Crippen LogP contribution in [0.25, 0.3) is 11.0 Å². The van der Waals surface area contributed by atoms with Crippen molar-refractivity contribution in [3.05, 3.63) is 47.9 Å². The van der Waals surface area contributed by atoms with E-state index in [4.69, 9.17) is 4.74 Å². The molecule has 7 nitrogen and oxygen atoms in total. The van der Waals surface area contributed by atoms with Crippen LogP contribution in [0.15, 0.2) is 36.8 Å². The van der Waals surface area contributed by atoms with Gasteiger partial charge in [0.15, 0.2) is 5.65 Å². The van der Waals surface area contributed by atoms with Crippen LogP contribution in [0, 0.1) is 6.92 Å². The Morgan fingerprint density at radius 1 is 1.20 bits per heavy atom. The van der Waals surface area contributed by atoms with E-state index in [1.54, 1.807) is 12.5 Å². The molecule has 130 valence electrons. The van der Waals surface area contributed by atoms with Crippen molar-refractivity contribution in [3.63, 3.8) is 0 Å². The summed E-state index contributed by atoms with van der Waals surface area (Å²) in [6.07, 6.45) is 3.31. The molecule has 1 fully saturated rings. The van der Waals surface area contributed by atoms with Crippen molar-refractivity contribution >= 4 is 16.9 Å². The van der Waals surface area contributed by atoms with Crippen molar-refractivity contribution in [1.82, 2.24) is 25.1 Å². The van der Waals surface area contributed by atoms with Crippen LogP contribution >= 0.6 is 0 Å². The van der Waals surface area contributed by atoms with E-state index in [9.17, 15) is 0 Å². The van der Waals surface area contributed by atoms with Crippen LogP contribution in [-0.4, -0.2) is 57.9 Å². The number of nitrogens with zero attached hydrogens (tertiary/aromatic N) is 4. The Hall–Kier alpha value is -2.51. The Kier molecular flexibility index (Phi) is 4.58. The van der Waals surface area contributed by atoms with Crippen LogP contribution in [0.4, 0.5) is 5.82 Å². The summed E-state index contributed by atoms with van der Waals surface area (Å²) in [5.74, 6) is 0.809. The number of aryl methyl sites for hydroxylation is 1. The molecular weight excluding hydrogens is 316 g/mol. The summed E-state index contributed by atoms with van der Waals surface area (Å²) in [7, 11) is 0. The highest BCUT2D eigenvalue weighted by atomic mass is 16.5. The predicted molar refractivity (Wildman–Crippen MR) is 96.5 cm³/mol. The molecule has 25 heavy (non-hydrogen) atoms. The summed E-state index contributed by atoms with van der Waals surface area (Å²) < 4.78 is 5.52. The van der Waals surface area contributed by atoms with Crippen LogP contribution in [0.2, 0.25) is 0 Å². The largest absolute Gasteiger partial charge is 0.379 e. The maximum Gasteiger partial charge on any atom is 0.160 e. The second kappa shape index (κ2) is 7.16. The molecule has 0 amide bonds. The van der Waals surface area contributed by atoms with Crippen molar-refractivity contribution in [3.8, 4) is 0 Å². The maximum absolute atomic E-state index is 5.52. The van der Waals surface area contributed by atoms with Gasteiger partial charge in [-0.05, 0) is 12.5 Å². The first-order chi connectivity index (χ1) is 12.3. The Morgan fingerprint density at radius 2 is 2.00 bits per heavy atom. The first-order valence-electron chi connectivity index (χ1n) is 8.57. The van der Waals surface area contributed by atoms with Gasteiger partial charge in [0.2, 0.25) is 0 Å². The summed E-state index contributed by atoms with van der Waals surface area (Å²) >= 11 is 0. The summed E-state index contributed by atoms with van der Waals surface area (Å²) in [5.41, 5.74) is 3.32. The second-order valence-electron chi connectivity index (χ2n) is 6.31. The van der Waals surface area contributed by atoms with E-state index >= 15 is 0 Å². The lowest BCUT2D eigenvalue weighted by Gasteiger charge is -2.35. The van der Waals surface area contributed by atoms with Crippen molar-refractivity contribution < 1.29 is 4.74 Å². The fraction of sp³-hybridized carbons (Fsp3) is 0.389. The van der Waals surface area contributed by atoms with Crippen LogP contribution < -0.4 is 5.32 Å². The lowest BCUT2D eigenvalue weighted by atomic mass is 10.0. The quantitative estimate of drug-likeness (QED) is 0.742. The lowest BCUT2D eigenvalue weighted by molar-refractivity contribution is 0.0187. The van der Waals surface area contributed by atoms with Gasteiger partial charge in [0, 0.05) is 19.6 Å². The Bertz CT molecular complexity index is 825. The van der Waals surface area contributed by atoms with Crippen molar-refractivity contribution in [2.75, 3.05) is 38.2 Å². The molecule has 1 aliphatic heterocycles. The van der Waals surface area contributed by atoms with Gasteiger partial charge in [-0.3, -0.25) is 10.00 Å². The molecule has 0 spiro atoms. The fourth-order valence-electron chi connectivity index (χ4n) is 3.23. The van der Waals surface area contributed by atoms with Gasteiger partial charge >= 0.3 is 0 Å². The molecule has 1 unspecified atom stereocenters. The molecular formula is C18H22N6O. The molecule has 3 aromatic rings. The van der Waals surface area contributed by atoms with Crippen molar-refractivity contribution in [1.29, 1.82) is 0 Å². The normalized spacial score (nSPS) is 16.8. The average molecular weight is 338 g/mol. The predicted octanol–water partition coefficient (Wildman–Crippen LogP) is 2.15. The smallest absolute Gasteiger partial charge is 0.160 e. The first kappa shape index (κ1) is 16.0. The molecule has 4 rings (SSSR count).